The Morgan fingerprint density at radius 1 is 1.00 bits per heavy atom. The Bertz CT molecular complexity index is 1440. The van der Waals surface area contributed by atoms with E-state index in [1.165, 1.54) is 0 Å². The predicted octanol–water partition coefficient (Wildman–Crippen LogP) is 2.21. The third kappa shape index (κ3) is 5.62. The van der Waals surface area contributed by atoms with Crippen LogP contribution in [0, 0.1) is 6.92 Å². The first kappa shape index (κ1) is 24.3. The van der Waals surface area contributed by atoms with Crippen LogP contribution in [0.25, 0.3) is 0 Å². The molecule has 1 saturated carbocycles. The summed E-state index contributed by atoms with van der Waals surface area (Å²) in [7, 11) is -3.68. The highest BCUT2D eigenvalue weighted by Gasteiger charge is 2.26. The minimum absolute atomic E-state index is 0.160. The lowest BCUT2D eigenvalue weighted by atomic mass is 9.81. The maximum absolute atomic E-state index is 12.6. The summed E-state index contributed by atoms with van der Waals surface area (Å²) in [5, 5.41) is 2.86. The van der Waals surface area contributed by atoms with Gasteiger partial charge in [0.2, 0.25) is 0 Å². The van der Waals surface area contributed by atoms with Crippen molar-refractivity contribution in [1.82, 2.24) is 15.3 Å². The van der Waals surface area contributed by atoms with Crippen LogP contribution in [0.3, 0.4) is 0 Å². The fraction of sp³-hybridized carbons (Fsp3) is 0.292. The molecule has 2 aromatic carbocycles. The zero-order chi connectivity index (χ0) is 25.2. The summed E-state index contributed by atoms with van der Waals surface area (Å²) in [5.74, 6) is -0.440. The molecule has 10 nitrogen and oxygen atoms in total. The maximum Gasteiger partial charge on any atom is 0.326 e. The zero-order valence-corrected chi connectivity index (χ0v) is 19.9. The van der Waals surface area contributed by atoms with E-state index in [0.717, 1.165) is 30.4 Å². The first-order chi connectivity index (χ1) is 16.6. The second kappa shape index (κ2) is 9.79. The van der Waals surface area contributed by atoms with E-state index in [-0.39, 0.29) is 28.2 Å². The van der Waals surface area contributed by atoms with Gasteiger partial charge < -0.3 is 16.0 Å². The molecule has 1 aliphatic rings. The van der Waals surface area contributed by atoms with E-state index in [2.05, 4.69) is 15.0 Å². The Kier molecular flexibility index (Phi) is 6.79. The van der Waals surface area contributed by atoms with Gasteiger partial charge in [-0.2, -0.15) is 0 Å². The fourth-order valence-electron chi connectivity index (χ4n) is 4.31. The van der Waals surface area contributed by atoms with E-state index in [9.17, 15) is 22.8 Å². The summed E-state index contributed by atoms with van der Waals surface area (Å²) >= 11 is 0. The van der Waals surface area contributed by atoms with Crippen LogP contribution in [-0.4, -0.2) is 30.3 Å². The van der Waals surface area contributed by atoms with E-state index in [1.807, 2.05) is 24.0 Å². The van der Waals surface area contributed by atoms with Crippen molar-refractivity contribution in [2.24, 2.45) is 0 Å². The van der Waals surface area contributed by atoms with Gasteiger partial charge in [0, 0.05) is 11.7 Å². The van der Waals surface area contributed by atoms with Gasteiger partial charge in [-0.15, -0.1) is 0 Å². The van der Waals surface area contributed by atoms with Crippen LogP contribution in [-0.2, 0) is 10.0 Å². The summed E-state index contributed by atoms with van der Waals surface area (Å²) in [6.07, 6.45) is 3.21. The van der Waals surface area contributed by atoms with E-state index in [4.69, 9.17) is 5.73 Å². The molecule has 184 valence electrons. The molecule has 0 spiro atoms. The molecule has 1 aliphatic carbocycles. The third-order valence-corrected chi connectivity index (χ3v) is 7.58. The molecule has 1 heterocycles. The number of aryl methyl sites for hydroxylation is 1. The number of rotatable bonds is 6. The van der Waals surface area contributed by atoms with Gasteiger partial charge in [-0.05, 0) is 61.9 Å². The second-order valence-electron chi connectivity index (χ2n) is 8.77. The average molecular weight is 498 g/mol. The van der Waals surface area contributed by atoms with Crippen molar-refractivity contribution in [1.29, 1.82) is 0 Å². The van der Waals surface area contributed by atoms with Crippen molar-refractivity contribution in [3.05, 3.63) is 86.2 Å². The highest BCUT2D eigenvalue weighted by Crippen LogP contribution is 2.33. The van der Waals surface area contributed by atoms with Crippen molar-refractivity contribution in [2.75, 3.05) is 10.5 Å². The van der Waals surface area contributed by atoms with Crippen LogP contribution in [0.2, 0.25) is 0 Å². The third-order valence-electron chi connectivity index (χ3n) is 6.18. The van der Waals surface area contributed by atoms with Gasteiger partial charge in [0.25, 0.3) is 21.5 Å². The number of aromatic amines is 2. The number of benzene rings is 2. The molecule has 35 heavy (non-hydrogen) atoms. The van der Waals surface area contributed by atoms with Gasteiger partial charge in [-0.1, -0.05) is 36.2 Å². The molecule has 0 aliphatic heterocycles. The summed E-state index contributed by atoms with van der Waals surface area (Å²) in [6.45, 7) is 1.89. The number of amides is 1. The Morgan fingerprint density at radius 3 is 2.37 bits per heavy atom. The van der Waals surface area contributed by atoms with Gasteiger partial charge in [0.05, 0.1) is 4.90 Å². The number of nitrogens with two attached hydrogens (primary N) is 1. The summed E-state index contributed by atoms with van der Waals surface area (Å²) in [4.78, 5) is 40.3. The zero-order valence-electron chi connectivity index (χ0n) is 19.1. The Morgan fingerprint density at radius 2 is 1.69 bits per heavy atom. The van der Waals surface area contributed by atoms with Crippen LogP contribution in [0.4, 0.5) is 11.4 Å². The van der Waals surface area contributed by atoms with Crippen molar-refractivity contribution in [3.63, 3.8) is 0 Å². The van der Waals surface area contributed by atoms with Gasteiger partial charge in [0.15, 0.2) is 0 Å². The number of H-pyrrole nitrogens is 2. The van der Waals surface area contributed by atoms with Crippen LogP contribution < -0.4 is 27.0 Å². The van der Waals surface area contributed by atoms with E-state index in [0.29, 0.717) is 12.1 Å². The molecule has 4 rings (SSSR count). The highest BCUT2D eigenvalue weighted by atomic mass is 32.2. The molecule has 0 bridgehead atoms. The molecule has 2 atom stereocenters. The largest absolute Gasteiger partial charge is 0.392 e. The fourth-order valence-corrected chi connectivity index (χ4v) is 5.37. The molecular formula is C24H27N5O5S. The highest BCUT2D eigenvalue weighted by molar-refractivity contribution is 7.92. The number of nitrogen functional groups attached to an aromatic ring is 1. The number of aromatic nitrogens is 2. The SMILES string of the molecule is Cc1ccc(S(=O)(=O)Nc2ccc(C3CCCC(NC(=O)c4[nH]c(=O)[nH]c(=O)c4N)C3)cc2)cc1. The Balaban J connectivity index is 1.42. The van der Waals surface area contributed by atoms with E-state index in [1.54, 1.807) is 36.4 Å². The molecule has 0 saturated heterocycles. The number of sulfonamides is 1. The lowest BCUT2D eigenvalue weighted by molar-refractivity contribution is 0.0920. The molecule has 1 fully saturated rings. The minimum atomic E-state index is -3.68. The number of nitrogens with one attached hydrogen (secondary N) is 4. The van der Waals surface area contributed by atoms with Gasteiger partial charge in [-0.3, -0.25) is 19.3 Å². The smallest absolute Gasteiger partial charge is 0.326 e. The molecule has 3 aromatic rings. The van der Waals surface area contributed by atoms with Crippen LogP contribution >= 0.6 is 0 Å². The molecule has 11 heteroatoms. The Hall–Kier alpha value is -3.86. The number of carbonyl (C=O) groups excluding carboxylic acids is 1. The lowest BCUT2D eigenvalue weighted by Gasteiger charge is -2.30. The molecule has 0 radical (unpaired) electrons. The summed E-state index contributed by atoms with van der Waals surface area (Å²) in [5.41, 5.74) is 5.94. The summed E-state index contributed by atoms with van der Waals surface area (Å²) < 4.78 is 27.8. The topological polar surface area (TPSA) is 167 Å². The first-order valence-corrected chi connectivity index (χ1v) is 12.7. The number of hydrogen-bond acceptors (Lipinski definition) is 6. The number of hydrogen-bond donors (Lipinski definition) is 5. The molecule has 1 amide bonds. The van der Waals surface area contributed by atoms with Gasteiger partial charge >= 0.3 is 5.69 Å². The lowest BCUT2D eigenvalue weighted by Crippen LogP contribution is -2.40. The monoisotopic (exact) mass is 497 g/mol. The normalized spacial score (nSPS) is 18.1. The Labute approximate surface area is 202 Å². The molecule has 6 N–H and O–H groups in total. The van der Waals surface area contributed by atoms with Gasteiger partial charge in [0.1, 0.15) is 11.4 Å². The predicted molar refractivity (Wildman–Crippen MR) is 133 cm³/mol. The van der Waals surface area contributed by atoms with Crippen molar-refractivity contribution < 1.29 is 13.2 Å². The maximum atomic E-state index is 12.6. The van der Waals surface area contributed by atoms with Crippen LogP contribution in [0.15, 0.2) is 63.0 Å². The first-order valence-electron chi connectivity index (χ1n) is 11.2. The quantitative estimate of drug-likeness (QED) is 0.350. The summed E-state index contributed by atoms with van der Waals surface area (Å²) in [6, 6.07) is 13.7. The number of anilines is 2. The van der Waals surface area contributed by atoms with Crippen LogP contribution in [0.5, 0.6) is 0 Å². The second-order valence-corrected chi connectivity index (χ2v) is 10.5. The molecule has 2 unspecified atom stereocenters. The molecule has 1 aromatic heterocycles. The van der Waals surface area contributed by atoms with E-state index >= 15 is 0 Å². The number of carbonyl (C=O) groups is 1. The average Bonchev–Trinajstić information content (AvgIpc) is 2.82. The van der Waals surface area contributed by atoms with Crippen molar-refractivity contribution in [3.8, 4) is 0 Å². The van der Waals surface area contributed by atoms with E-state index < -0.39 is 27.2 Å². The minimum Gasteiger partial charge on any atom is -0.392 e. The van der Waals surface area contributed by atoms with Gasteiger partial charge in [-0.25, -0.2) is 13.2 Å². The standard InChI is InChI=1S/C24H27N5O5S/c1-14-5-11-19(12-6-14)35(33,34)29-17-9-7-15(8-10-17)16-3-2-4-18(13-16)26-23(31)21-20(25)22(30)28-24(32)27-21/h5-12,16,18,29H,2-4,13,25H2,1H3,(H,26,31)(H2,27,28,30,32). The van der Waals surface area contributed by atoms with Crippen molar-refractivity contribution >= 4 is 27.3 Å². The van der Waals surface area contributed by atoms with Crippen LogP contribution in [0.1, 0.15) is 53.2 Å². The van der Waals surface area contributed by atoms with Crippen molar-refractivity contribution in [2.45, 2.75) is 49.5 Å². The molecular weight excluding hydrogens is 470 g/mol.